The van der Waals surface area contributed by atoms with Gasteiger partial charge in [0.2, 0.25) is 5.91 Å². The number of carbonyl (C=O) groups is 2. The largest absolute Gasteiger partial charge is 0.480 e. The number of nitrogens with zero attached hydrogens (tertiary/aromatic N) is 3. The Bertz CT molecular complexity index is 1170. The van der Waals surface area contributed by atoms with Gasteiger partial charge < -0.3 is 5.11 Å². The third-order valence-electron chi connectivity index (χ3n) is 6.47. The van der Waals surface area contributed by atoms with Crippen LogP contribution < -0.4 is 4.90 Å². The maximum Gasteiger partial charge on any atom is 0.317 e. The van der Waals surface area contributed by atoms with Gasteiger partial charge in [-0.15, -0.1) is 0 Å². The number of rotatable bonds is 4. The smallest absolute Gasteiger partial charge is 0.317 e. The number of piperidine rings is 1. The summed E-state index contributed by atoms with van der Waals surface area (Å²) in [7, 11) is 0. The molecule has 2 aliphatic rings. The highest BCUT2D eigenvalue weighted by atomic mass is 79.9. The number of carboxylic acid groups (broad SMARTS) is 1. The Hall–Kier alpha value is -3.03. The Morgan fingerprint density at radius 2 is 1.69 bits per heavy atom. The number of hydrogen-bond acceptors (Lipinski definition) is 4. The van der Waals surface area contributed by atoms with Crippen LogP contribution in [-0.4, -0.2) is 46.5 Å². The highest BCUT2D eigenvalue weighted by Gasteiger charge is 2.53. The Labute approximate surface area is 194 Å². The zero-order chi connectivity index (χ0) is 22.3. The minimum absolute atomic E-state index is 0.00146. The molecule has 32 heavy (non-hydrogen) atoms. The molecule has 0 radical (unpaired) electrons. The molecule has 0 saturated carbocycles. The fraction of sp³-hybridized carbons (Fsp3) is 0.240. The van der Waals surface area contributed by atoms with Crippen molar-refractivity contribution in [2.75, 3.05) is 24.5 Å². The molecule has 7 heteroatoms. The number of amides is 1. The standard InChI is InChI=1S/C25H22BrN3O3/c26-19-14-21-23(27-15-19)29(20-8-6-18(7-9-20)17-4-2-1-3-5-17)24(32)25(21)10-12-28(13-11-25)16-22(30)31/h1-9,14-15H,10-13,16H2,(H,30,31). The number of pyridine rings is 1. The Morgan fingerprint density at radius 3 is 2.34 bits per heavy atom. The van der Waals surface area contributed by atoms with Crippen LogP contribution in [0.15, 0.2) is 71.3 Å². The maximum absolute atomic E-state index is 13.9. The first-order chi connectivity index (χ1) is 15.5. The predicted octanol–water partition coefficient (Wildman–Crippen LogP) is 4.61. The third kappa shape index (κ3) is 3.51. The van der Waals surface area contributed by atoms with E-state index in [1.165, 1.54) is 0 Å². The number of likely N-dealkylation sites (tertiary alicyclic amines) is 1. The van der Waals surface area contributed by atoms with Gasteiger partial charge in [-0.2, -0.15) is 0 Å². The summed E-state index contributed by atoms with van der Waals surface area (Å²) in [5.41, 5.74) is 3.23. The van der Waals surface area contributed by atoms with E-state index in [0.29, 0.717) is 31.7 Å². The lowest BCUT2D eigenvalue weighted by molar-refractivity contribution is -0.138. The van der Waals surface area contributed by atoms with Gasteiger partial charge in [0.25, 0.3) is 0 Å². The first-order valence-electron chi connectivity index (χ1n) is 10.6. The highest BCUT2D eigenvalue weighted by molar-refractivity contribution is 9.10. The van der Waals surface area contributed by atoms with Gasteiger partial charge in [-0.1, -0.05) is 42.5 Å². The monoisotopic (exact) mass is 491 g/mol. The summed E-state index contributed by atoms with van der Waals surface area (Å²) in [4.78, 5) is 33.2. The third-order valence-corrected chi connectivity index (χ3v) is 6.91. The zero-order valence-corrected chi connectivity index (χ0v) is 19.0. The van der Waals surface area contributed by atoms with E-state index >= 15 is 0 Å². The van der Waals surface area contributed by atoms with E-state index in [1.807, 2.05) is 53.4 Å². The Kier molecular flexibility index (Phi) is 5.31. The van der Waals surface area contributed by atoms with Crippen molar-refractivity contribution >= 4 is 39.3 Å². The van der Waals surface area contributed by atoms with E-state index in [4.69, 9.17) is 5.11 Å². The number of aromatic nitrogens is 1. The summed E-state index contributed by atoms with van der Waals surface area (Å²) < 4.78 is 0.831. The normalized spacial score (nSPS) is 17.5. The molecule has 1 saturated heterocycles. The van der Waals surface area contributed by atoms with Gasteiger partial charge in [-0.3, -0.25) is 19.4 Å². The zero-order valence-electron chi connectivity index (χ0n) is 17.4. The molecule has 0 bridgehead atoms. The average Bonchev–Trinajstić information content (AvgIpc) is 3.03. The van der Waals surface area contributed by atoms with Crippen LogP contribution in [0.25, 0.3) is 11.1 Å². The molecular weight excluding hydrogens is 470 g/mol. The van der Waals surface area contributed by atoms with E-state index in [1.54, 1.807) is 11.1 Å². The number of carboxylic acids is 1. The van der Waals surface area contributed by atoms with Gasteiger partial charge in [-0.25, -0.2) is 4.98 Å². The lowest BCUT2D eigenvalue weighted by atomic mass is 9.74. The van der Waals surface area contributed by atoms with E-state index in [9.17, 15) is 9.59 Å². The average molecular weight is 492 g/mol. The summed E-state index contributed by atoms with van der Waals surface area (Å²) >= 11 is 3.51. The second kappa shape index (κ2) is 8.15. The van der Waals surface area contributed by atoms with E-state index in [0.717, 1.165) is 26.9 Å². The van der Waals surface area contributed by atoms with Crippen molar-refractivity contribution in [2.45, 2.75) is 18.3 Å². The molecule has 2 aliphatic heterocycles. The molecule has 1 amide bonds. The molecule has 6 nitrogen and oxygen atoms in total. The summed E-state index contributed by atoms with van der Waals surface area (Å²) in [6, 6.07) is 20.1. The van der Waals surface area contributed by atoms with Crippen molar-refractivity contribution in [3.8, 4) is 11.1 Å². The number of aliphatic carboxylic acids is 1. The predicted molar refractivity (Wildman–Crippen MR) is 126 cm³/mol. The minimum Gasteiger partial charge on any atom is -0.480 e. The van der Waals surface area contributed by atoms with E-state index in [2.05, 4.69) is 33.0 Å². The van der Waals surface area contributed by atoms with Gasteiger partial charge in [-0.05, 0) is 58.1 Å². The first kappa shape index (κ1) is 20.8. The summed E-state index contributed by atoms with van der Waals surface area (Å²) in [5, 5.41) is 9.13. The fourth-order valence-electron chi connectivity index (χ4n) is 4.83. The molecule has 2 aromatic carbocycles. The second-order valence-electron chi connectivity index (χ2n) is 8.33. The van der Waals surface area contributed by atoms with Gasteiger partial charge in [0.1, 0.15) is 5.82 Å². The van der Waals surface area contributed by atoms with Gasteiger partial charge in [0.15, 0.2) is 0 Å². The van der Waals surface area contributed by atoms with Crippen LogP contribution in [0.5, 0.6) is 0 Å². The minimum atomic E-state index is -0.844. The lowest BCUT2D eigenvalue weighted by Gasteiger charge is -2.37. The Balaban J connectivity index is 1.50. The molecule has 162 valence electrons. The highest BCUT2D eigenvalue weighted by Crippen LogP contribution is 2.50. The molecule has 0 unspecified atom stereocenters. The molecule has 3 heterocycles. The fourth-order valence-corrected chi connectivity index (χ4v) is 5.16. The van der Waals surface area contributed by atoms with Crippen LogP contribution in [0.3, 0.4) is 0 Å². The maximum atomic E-state index is 13.9. The molecule has 3 aromatic rings. The summed E-state index contributed by atoms with van der Waals surface area (Å²) in [6.07, 6.45) is 2.86. The molecule has 1 spiro atoms. The van der Waals surface area contributed by atoms with Crippen molar-refractivity contribution < 1.29 is 14.7 Å². The number of benzene rings is 2. The first-order valence-corrected chi connectivity index (χ1v) is 11.4. The summed E-state index contributed by atoms with van der Waals surface area (Å²) in [6.45, 7) is 1.12. The van der Waals surface area contributed by atoms with Crippen LogP contribution >= 0.6 is 15.9 Å². The van der Waals surface area contributed by atoms with Crippen LogP contribution in [0, 0.1) is 0 Å². The lowest BCUT2D eigenvalue weighted by Crippen LogP contribution is -2.49. The van der Waals surface area contributed by atoms with Crippen molar-refractivity contribution in [1.29, 1.82) is 0 Å². The molecule has 0 atom stereocenters. The quantitative estimate of drug-likeness (QED) is 0.576. The number of anilines is 2. The molecule has 1 N–H and O–H groups in total. The number of fused-ring (bicyclic) bond motifs is 2. The molecule has 1 fully saturated rings. The molecular formula is C25H22BrN3O3. The SMILES string of the molecule is O=C(O)CN1CCC2(CC1)C(=O)N(c1ccc(-c3ccccc3)cc1)c1ncc(Br)cc12. The molecule has 5 rings (SSSR count). The summed E-state index contributed by atoms with van der Waals surface area (Å²) in [5.74, 6) is -0.165. The van der Waals surface area contributed by atoms with Crippen molar-refractivity contribution in [3.63, 3.8) is 0 Å². The van der Waals surface area contributed by atoms with Crippen molar-refractivity contribution in [3.05, 3.63) is 76.9 Å². The number of carbonyl (C=O) groups excluding carboxylic acids is 1. The Morgan fingerprint density at radius 1 is 1.03 bits per heavy atom. The van der Waals surface area contributed by atoms with Crippen LogP contribution in [0.1, 0.15) is 18.4 Å². The van der Waals surface area contributed by atoms with Crippen molar-refractivity contribution in [1.82, 2.24) is 9.88 Å². The van der Waals surface area contributed by atoms with Gasteiger partial charge >= 0.3 is 5.97 Å². The second-order valence-corrected chi connectivity index (χ2v) is 9.25. The van der Waals surface area contributed by atoms with Gasteiger partial charge in [0.05, 0.1) is 17.6 Å². The van der Waals surface area contributed by atoms with E-state index < -0.39 is 11.4 Å². The number of halogens is 1. The topological polar surface area (TPSA) is 73.7 Å². The van der Waals surface area contributed by atoms with Crippen molar-refractivity contribution in [2.24, 2.45) is 0 Å². The number of hydrogen-bond donors (Lipinski definition) is 1. The van der Waals surface area contributed by atoms with E-state index in [-0.39, 0.29) is 12.5 Å². The van der Waals surface area contributed by atoms with Crippen LogP contribution in [0.2, 0.25) is 0 Å². The van der Waals surface area contributed by atoms with Crippen LogP contribution in [0.4, 0.5) is 11.5 Å². The molecule has 0 aliphatic carbocycles. The van der Waals surface area contributed by atoms with Crippen LogP contribution in [-0.2, 0) is 15.0 Å². The van der Waals surface area contributed by atoms with Gasteiger partial charge in [0, 0.05) is 29.3 Å². The molecule has 1 aromatic heterocycles.